The Kier molecular flexibility index (Phi) is 5.88. The maximum absolute atomic E-state index is 12.3. The highest BCUT2D eigenvalue weighted by Crippen LogP contribution is 2.25. The lowest BCUT2D eigenvalue weighted by Gasteiger charge is -2.11. The predicted molar refractivity (Wildman–Crippen MR) is 105 cm³/mol. The second kappa shape index (κ2) is 8.16. The van der Waals surface area contributed by atoms with Gasteiger partial charge in [0.05, 0.1) is 16.6 Å². The van der Waals surface area contributed by atoms with E-state index in [1.807, 2.05) is 17.5 Å². The summed E-state index contributed by atoms with van der Waals surface area (Å²) in [5.41, 5.74) is 1.71. The van der Waals surface area contributed by atoms with Crippen molar-refractivity contribution < 1.29 is 13.2 Å². The zero-order valence-electron chi connectivity index (χ0n) is 14.3. The molecule has 1 amide bonds. The summed E-state index contributed by atoms with van der Waals surface area (Å²) in [5, 5.41) is 5.70. The fourth-order valence-electron chi connectivity index (χ4n) is 2.38. The van der Waals surface area contributed by atoms with E-state index in [1.54, 1.807) is 19.3 Å². The van der Waals surface area contributed by atoms with Crippen LogP contribution in [-0.4, -0.2) is 30.0 Å². The molecule has 0 spiro atoms. The molecule has 140 valence electrons. The number of benzene rings is 1. The summed E-state index contributed by atoms with van der Waals surface area (Å²) in [7, 11) is -3.74. The van der Waals surface area contributed by atoms with E-state index >= 15 is 0 Å². The number of nitrogens with one attached hydrogen (secondary N) is 1. The van der Waals surface area contributed by atoms with Crippen LogP contribution < -0.4 is 5.32 Å². The third kappa shape index (κ3) is 4.91. The number of hydrogen-bond donors (Lipinski definition) is 1. The Balaban J connectivity index is 1.65. The molecule has 1 N–H and O–H groups in total. The minimum Gasteiger partial charge on any atom is -0.346 e. The summed E-state index contributed by atoms with van der Waals surface area (Å²) in [5.74, 6) is -1.22. The Bertz CT molecular complexity index is 1040. The van der Waals surface area contributed by atoms with Crippen molar-refractivity contribution in [1.82, 2.24) is 15.3 Å². The molecule has 0 fully saturated rings. The van der Waals surface area contributed by atoms with E-state index in [0.717, 1.165) is 11.3 Å². The molecule has 3 aromatic rings. The van der Waals surface area contributed by atoms with Crippen LogP contribution in [0.3, 0.4) is 0 Å². The first-order valence-corrected chi connectivity index (χ1v) is 10.9. The second-order valence-corrected chi connectivity index (χ2v) is 9.12. The molecule has 3 rings (SSSR count). The van der Waals surface area contributed by atoms with E-state index < -0.39 is 27.5 Å². The summed E-state index contributed by atoms with van der Waals surface area (Å²) in [4.78, 5) is 20.8. The summed E-state index contributed by atoms with van der Waals surface area (Å²) in [6.45, 7) is 1.77. The van der Waals surface area contributed by atoms with Crippen molar-refractivity contribution in [2.75, 3.05) is 5.75 Å². The van der Waals surface area contributed by atoms with Crippen LogP contribution in [0.25, 0.3) is 11.3 Å². The largest absolute Gasteiger partial charge is 0.346 e. The fourth-order valence-corrected chi connectivity index (χ4v) is 4.49. The van der Waals surface area contributed by atoms with Crippen LogP contribution in [0.15, 0.2) is 59.1 Å². The van der Waals surface area contributed by atoms with Crippen LogP contribution in [0.2, 0.25) is 5.02 Å². The Labute approximate surface area is 166 Å². The molecule has 0 bridgehead atoms. The van der Waals surface area contributed by atoms with Crippen molar-refractivity contribution in [3.05, 3.63) is 64.2 Å². The van der Waals surface area contributed by atoms with Crippen molar-refractivity contribution in [2.24, 2.45) is 0 Å². The van der Waals surface area contributed by atoms with Gasteiger partial charge in [0.1, 0.15) is 10.8 Å². The highest BCUT2D eigenvalue weighted by Gasteiger charge is 2.21. The third-order valence-corrected chi connectivity index (χ3v) is 6.65. The number of carbonyl (C=O) groups excluding carboxylic acids is 1. The summed E-state index contributed by atoms with van der Waals surface area (Å²) >= 11 is 7.17. The van der Waals surface area contributed by atoms with Gasteiger partial charge in [0.25, 0.3) is 0 Å². The van der Waals surface area contributed by atoms with E-state index in [2.05, 4.69) is 15.3 Å². The quantitative estimate of drug-likeness (QED) is 0.657. The fraction of sp³-hybridized carbons (Fsp3) is 0.167. The Morgan fingerprint density at radius 3 is 2.52 bits per heavy atom. The van der Waals surface area contributed by atoms with Crippen molar-refractivity contribution >= 4 is 38.7 Å². The molecule has 0 radical (unpaired) electrons. The van der Waals surface area contributed by atoms with Crippen LogP contribution in [0.5, 0.6) is 0 Å². The zero-order chi connectivity index (χ0) is 19.4. The maximum Gasteiger partial charge on any atom is 0.236 e. The molecular formula is C18H16ClN3O3S2. The van der Waals surface area contributed by atoms with Crippen LogP contribution in [0.4, 0.5) is 0 Å². The molecule has 1 atom stereocenters. The van der Waals surface area contributed by atoms with Crippen molar-refractivity contribution in [3.8, 4) is 11.3 Å². The van der Waals surface area contributed by atoms with Gasteiger partial charge in [-0.3, -0.25) is 9.78 Å². The number of amides is 1. The molecule has 0 saturated heterocycles. The van der Waals surface area contributed by atoms with E-state index in [1.165, 1.54) is 35.6 Å². The van der Waals surface area contributed by atoms with Crippen LogP contribution in [0.1, 0.15) is 18.0 Å². The van der Waals surface area contributed by atoms with Gasteiger partial charge in [-0.1, -0.05) is 11.6 Å². The number of aromatic nitrogens is 2. The third-order valence-electron chi connectivity index (χ3n) is 3.74. The number of sulfone groups is 1. The van der Waals surface area contributed by atoms with Gasteiger partial charge in [0.2, 0.25) is 5.91 Å². The minimum atomic E-state index is -3.74. The number of pyridine rings is 1. The van der Waals surface area contributed by atoms with E-state index in [0.29, 0.717) is 10.0 Å². The lowest BCUT2D eigenvalue weighted by Crippen LogP contribution is -2.32. The molecule has 9 heteroatoms. The summed E-state index contributed by atoms with van der Waals surface area (Å²) < 4.78 is 24.7. The molecule has 1 unspecified atom stereocenters. The first-order valence-electron chi connectivity index (χ1n) is 7.98. The molecule has 6 nitrogen and oxygen atoms in total. The second-order valence-electron chi connectivity index (χ2n) is 5.81. The minimum absolute atomic E-state index is 0.0592. The van der Waals surface area contributed by atoms with Crippen LogP contribution in [0, 0.1) is 0 Å². The average Bonchev–Trinajstić information content (AvgIpc) is 3.12. The number of rotatable bonds is 6. The molecule has 1 aromatic carbocycles. The van der Waals surface area contributed by atoms with E-state index in [-0.39, 0.29) is 4.90 Å². The highest BCUT2D eigenvalue weighted by molar-refractivity contribution is 7.92. The van der Waals surface area contributed by atoms with Crippen molar-refractivity contribution in [2.45, 2.75) is 17.9 Å². The van der Waals surface area contributed by atoms with E-state index in [4.69, 9.17) is 11.6 Å². The molecule has 0 saturated carbocycles. The topological polar surface area (TPSA) is 89.0 Å². The van der Waals surface area contributed by atoms with Gasteiger partial charge in [-0.05, 0) is 43.3 Å². The predicted octanol–water partition coefficient (Wildman–Crippen LogP) is 3.51. The molecule has 0 aliphatic rings. The molecule has 0 aliphatic carbocycles. The zero-order valence-corrected chi connectivity index (χ0v) is 16.7. The number of carbonyl (C=O) groups is 1. The summed E-state index contributed by atoms with van der Waals surface area (Å²) in [6, 6.07) is 9.02. The first-order chi connectivity index (χ1) is 12.8. The number of nitrogens with zero attached hydrogens (tertiary/aromatic N) is 2. The van der Waals surface area contributed by atoms with Crippen molar-refractivity contribution in [3.63, 3.8) is 0 Å². The SMILES string of the molecule is CC(NC(=O)CS(=O)(=O)c1ccc(Cl)cc1)c1nc(-c2ccncc2)cs1. The molecule has 27 heavy (non-hydrogen) atoms. The lowest BCUT2D eigenvalue weighted by atomic mass is 10.2. The first kappa shape index (κ1) is 19.5. The monoisotopic (exact) mass is 421 g/mol. The van der Waals surface area contributed by atoms with Crippen molar-refractivity contribution in [1.29, 1.82) is 0 Å². The Hall–Kier alpha value is -2.29. The smallest absolute Gasteiger partial charge is 0.236 e. The van der Waals surface area contributed by atoms with Gasteiger partial charge < -0.3 is 5.32 Å². The Morgan fingerprint density at radius 1 is 1.19 bits per heavy atom. The maximum atomic E-state index is 12.3. The van der Waals surface area contributed by atoms with Gasteiger partial charge in [-0.15, -0.1) is 11.3 Å². The highest BCUT2D eigenvalue weighted by atomic mass is 35.5. The molecule has 0 aliphatic heterocycles. The molecular weight excluding hydrogens is 406 g/mol. The van der Waals surface area contributed by atoms with Gasteiger partial charge in [-0.25, -0.2) is 13.4 Å². The lowest BCUT2D eigenvalue weighted by molar-refractivity contribution is -0.119. The standard InChI is InChI=1S/C18H16ClN3O3S2/c1-12(18-22-16(10-26-18)13-6-8-20-9-7-13)21-17(23)11-27(24,25)15-4-2-14(19)3-5-15/h2-10,12H,11H2,1H3,(H,21,23). The Morgan fingerprint density at radius 2 is 1.85 bits per heavy atom. The van der Waals surface area contributed by atoms with Gasteiger partial charge in [0.15, 0.2) is 9.84 Å². The number of hydrogen-bond acceptors (Lipinski definition) is 6. The summed E-state index contributed by atoms with van der Waals surface area (Å²) in [6.07, 6.45) is 3.36. The number of thiazole rings is 1. The van der Waals surface area contributed by atoms with Crippen LogP contribution in [-0.2, 0) is 14.6 Å². The van der Waals surface area contributed by atoms with Gasteiger partial charge >= 0.3 is 0 Å². The number of halogens is 1. The van der Waals surface area contributed by atoms with Gasteiger partial charge in [0, 0.05) is 28.4 Å². The van der Waals surface area contributed by atoms with E-state index in [9.17, 15) is 13.2 Å². The average molecular weight is 422 g/mol. The molecule has 2 aromatic heterocycles. The van der Waals surface area contributed by atoms with Gasteiger partial charge in [-0.2, -0.15) is 0 Å². The molecule has 2 heterocycles. The van der Waals surface area contributed by atoms with Crippen LogP contribution >= 0.6 is 22.9 Å². The normalized spacial score (nSPS) is 12.5.